The van der Waals surface area contributed by atoms with Crippen molar-refractivity contribution in [1.29, 1.82) is 0 Å². The fourth-order valence-corrected chi connectivity index (χ4v) is 4.40. The van der Waals surface area contributed by atoms with Crippen molar-refractivity contribution in [2.45, 2.75) is 18.9 Å². The van der Waals surface area contributed by atoms with Crippen molar-refractivity contribution in [3.63, 3.8) is 0 Å². The summed E-state index contributed by atoms with van der Waals surface area (Å²) in [4.78, 5) is 0. The number of benzene rings is 1. The van der Waals surface area contributed by atoms with Gasteiger partial charge in [-0.1, -0.05) is 18.2 Å². The molecule has 2 atom stereocenters. The highest BCUT2D eigenvalue weighted by Crippen LogP contribution is 2.31. The number of nitrogens with two attached hydrogens (primary N) is 1. The maximum absolute atomic E-state index is 11.4. The molecule has 0 amide bonds. The molecule has 1 saturated heterocycles. The Balaban J connectivity index is 2.06. The van der Waals surface area contributed by atoms with E-state index in [0.717, 1.165) is 17.7 Å². The van der Waals surface area contributed by atoms with Crippen LogP contribution in [0, 0.1) is 5.92 Å². The molecule has 2 unspecified atom stereocenters. The van der Waals surface area contributed by atoms with Gasteiger partial charge < -0.3 is 10.5 Å². The summed E-state index contributed by atoms with van der Waals surface area (Å²) in [5.41, 5.74) is 7.11. The van der Waals surface area contributed by atoms with Crippen LogP contribution in [-0.4, -0.2) is 27.0 Å². The topological polar surface area (TPSA) is 69.4 Å². The standard InChI is InChI=1S/C13H19NO3S/c1-17-13-5-3-2-4-11(13)12(14)8-10-6-7-18(15,16)9-10/h2-5,10,12H,6-9,14H2,1H3. The second-order valence-electron chi connectivity index (χ2n) is 4.85. The summed E-state index contributed by atoms with van der Waals surface area (Å²) in [6, 6.07) is 7.46. The molecule has 1 heterocycles. The maximum atomic E-state index is 11.4. The number of rotatable bonds is 4. The van der Waals surface area contributed by atoms with E-state index in [1.807, 2.05) is 24.3 Å². The highest BCUT2D eigenvalue weighted by Gasteiger charge is 2.29. The van der Waals surface area contributed by atoms with Gasteiger partial charge in [-0.05, 0) is 24.8 Å². The van der Waals surface area contributed by atoms with Gasteiger partial charge in [-0.2, -0.15) is 0 Å². The Morgan fingerprint density at radius 3 is 2.78 bits per heavy atom. The molecule has 1 fully saturated rings. The minimum Gasteiger partial charge on any atom is -0.496 e. The summed E-state index contributed by atoms with van der Waals surface area (Å²) in [6.07, 6.45) is 1.42. The SMILES string of the molecule is COc1ccccc1C(N)CC1CCS(=O)(=O)C1. The Morgan fingerprint density at radius 1 is 1.44 bits per heavy atom. The van der Waals surface area contributed by atoms with Crippen molar-refractivity contribution < 1.29 is 13.2 Å². The van der Waals surface area contributed by atoms with Crippen LogP contribution in [0.4, 0.5) is 0 Å². The lowest BCUT2D eigenvalue weighted by Crippen LogP contribution is -2.17. The lowest BCUT2D eigenvalue weighted by Gasteiger charge is -2.18. The first-order valence-corrected chi connectivity index (χ1v) is 7.93. The predicted molar refractivity (Wildman–Crippen MR) is 71.3 cm³/mol. The van der Waals surface area contributed by atoms with Gasteiger partial charge in [-0.25, -0.2) is 8.42 Å². The smallest absolute Gasteiger partial charge is 0.150 e. The van der Waals surface area contributed by atoms with E-state index in [9.17, 15) is 8.42 Å². The molecule has 0 bridgehead atoms. The third-order valence-corrected chi connectivity index (χ3v) is 5.29. The lowest BCUT2D eigenvalue weighted by atomic mass is 9.94. The molecule has 1 aromatic carbocycles. The summed E-state index contributed by atoms with van der Waals surface area (Å²) in [5.74, 6) is 1.52. The second-order valence-corrected chi connectivity index (χ2v) is 7.08. The van der Waals surface area contributed by atoms with Crippen LogP contribution < -0.4 is 10.5 Å². The van der Waals surface area contributed by atoms with Crippen molar-refractivity contribution in [1.82, 2.24) is 0 Å². The van der Waals surface area contributed by atoms with Crippen molar-refractivity contribution in [2.75, 3.05) is 18.6 Å². The van der Waals surface area contributed by atoms with Crippen molar-refractivity contribution in [3.05, 3.63) is 29.8 Å². The average Bonchev–Trinajstić information content (AvgIpc) is 2.68. The molecule has 0 aliphatic carbocycles. The summed E-state index contributed by atoms with van der Waals surface area (Å²) in [6.45, 7) is 0. The van der Waals surface area contributed by atoms with Gasteiger partial charge in [-0.15, -0.1) is 0 Å². The largest absolute Gasteiger partial charge is 0.496 e. The van der Waals surface area contributed by atoms with Gasteiger partial charge in [0.1, 0.15) is 5.75 Å². The molecule has 4 nitrogen and oxygen atoms in total. The summed E-state index contributed by atoms with van der Waals surface area (Å²) >= 11 is 0. The van der Waals surface area contributed by atoms with Crippen molar-refractivity contribution in [2.24, 2.45) is 11.7 Å². The number of hydrogen-bond acceptors (Lipinski definition) is 4. The maximum Gasteiger partial charge on any atom is 0.150 e. The molecule has 0 aromatic heterocycles. The number of sulfone groups is 1. The van der Waals surface area contributed by atoms with E-state index >= 15 is 0 Å². The van der Waals surface area contributed by atoms with Crippen molar-refractivity contribution in [3.8, 4) is 5.75 Å². The van der Waals surface area contributed by atoms with Gasteiger partial charge in [0.25, 0.3) is 0 Å². The Hall–Kier alpha value is -1.07. The van der Waals surface area contributed by atoms with Gasteiger partial charge in [0, 0.05) is 11.6 Å². The monoisotopic (exact) mass is 269 g/mol. The van der Waals surface area contributed by atoms with Gasteiger partial charge in [-0.3, -0.25) is 0 Å². The van der Waals surface area contributed by atoms with Crippen LogP contribution in [0.1, 0.15) is 24.4 Å². The second kappa shape index (κ2) is 5.28. The molecular weight excluding hydrogens is 250 g/mol. The molecule has 1 aliphatic rings. The molecule has 2 rings (SSSR count). The van der Waals surface area contributed by atoms with E-state index in [1.165, 1.54) is 0 Å². The van der Waals surface area contributed by atoms with Crippen LogP contribution in [0.3, 0.4) is 0 Å². The van der Waals surface area contributed by atoms with E-state index in [4.69, 9.17) is 10.5 Å². The molecular formula is C13H19NO3S. The zero-order valence-electron chi connectivity index (χ0n) is 10.5. The Kier molecular flexibility index (Phi) is 3.92. The van der Waals surface area contributed by atoms with E-state index in [1.54, 1.807) is 7.11 Å². The van der Waals surface area contributed by atoms with Crippen LogP contribution in [0.15, 0.2) is 24.3 Å². The van der Waals surface area contributed by atoms with Crippen LogP contribution in [0.25, 0.3) is 0 Å². The van der Waals surface area contributed by atoms with Crippen LogP contribution in [0.2, 0.25) is 0 Å². The number of methoxy groups -OCH3 is 1. The molecule has 100 valence electrons. The van der Waals surface area contributed by atoms with Gasteiger partial charge in [0.15, 0.2) is 9.84 Å². The molecule has 5 heteroatoms. The Morgan fingerprint density at radius 2 is 2.17 bits per heavy atom. The highest BCUT2D eigenvalue weighted by atomic mass is 32.2. The van der Waals surface area contributed by atoms with E-state index in [2.05, 4.69) is 0 Å². The first-order valence-electron chi connectivity index (χ1n) is 6.11. The normalized spacial score (nSPS) is 23.8. The van der Waals surface area contributed by atoms with Gasteiger partial charge in [0.05, 0.1) is 18.6 Å². The van der Waals surface area contributed by atoms with E-state index in [-0.39, 0.29) is 17.7 Å². The fraction of sp³-hybridized carbons (Fsp3) is 0.538. The minimum atomic E-state index is -2.83. The quantitative estimate of drug-likeness (QED) is 0.899. The summed E-state index contributed by atoms with van der Waals surface area (Å²) in [7, 11) is -1.21. The van der Waals surface area contributed by atoms with E-state index < -0.39 is 9.84 Å². The van der Waals surface area contributed by atoms with Crippen molar-refractivity contribution >= 4 is 9.84 Å². The van der Waals surface area contributed by atoms with Gasteiger partial charge >= 0.3 is 0 Å². The first-order chi connectivity index (χ1) is 8.52. The molecule has 2 N–H and O–H groups in total. The predicted octanol–water partition coefficient (Wildman–Crippen LogP) is 1.52. The number of para-hydroxylation sites is 1. The summed E-state index contributed by atoms with van der Waals surface area (Å²) in [5, 5.41) is 0. The molecule has 0 saturated carbocycles. The molecule has 0 radical (unpaired) electrons. The lowest BCUT2D eigenvalue weighted by molar-refractivity contribution is 0.397. The van der Waals surface area contributed by atoms with Crippen LogP contribution >= 0.6 is 0 Å². The molecule has 0 spiro atoms. The van der Waals surface area contributed by atoms with Crippen LogP contribution in [-0.2, 0) is 9.84 Å². The number of hydrogen-bond donors (Lipinski definition) is 1. The molecule has 1 aromatic rings. The third-order valence-electron chi connectivity index (χ3n) is 3.45. The molecule has 18 heavy (non-hydrogen) atoms. The van der Waals surface area contributed by atoms with E-state index in [0.29, 0.717) is 12.2 Å². The number of ether oxygens (including phenoxy) is 1. The summed E-state index contributed by atoms with van der Waals surface area (Å²) < 4.78 is 28.1. The zero-order chi connectivity index (χ0) is 13.2. The highest BCUT2D eigenvalue weighted by molar-refractivity contribution is 7.91. The zero-order valence-corrected chi connectivity index (χ0v) is 11.3. The Labute approximate surface area is 108 Å². The Bertz CT molecular complexity index is 513. The third kappa shape index (κ3) is 3.03. The average molecular weight is 269 g/mol. The first kappa shape index (κ1) is 13.4. The van der Waals surface area contributed by atoms with Gasteiger partial charge in [0.2, 0.25) is 0 Å². The minimum absolute atomic E-state index is 0.167. The fourth-order valence-electron chi connectivity index (χ4n) is 2.52. The van der Waals surface area contributed by atoms with Crippen LogP contribution in [0.5, 0.6) is 5.75 Å². The molecule has 1 aliphatic heterocycles.